The minimum Gasteiger partial charge on any atom is -0.482 e. The molecule has 8 heteroatoms. The zero-order valence-corrected chi connectivity index (χ0v) is 17.8. The molecular weight excluding hydrogens is 425 g/mol. The van der Waals surface area contributed by atoms with Gasteiger partial charge < -0.3 is 9.84 Å². The number of hydrogen-bond donors (Lipinski definition) is 1. The van der Waals surface area contributed by atoms with Gasteiger partial charge in [0.15, 0.2) is 6.61 Å². The Morgan fingerprint density at radius 3 is 2.31 bits per heavy atom. The molecule has 1 N–H and O–H groups in total. The zero-order chi connectivity index (χ0) is 21.8. The van der Waals surface area contributed by atoms with Crippen molar-refractivity contribution in [2.45, 2.75) is 37.3 Å². The van der Waals surface area contributed by atoms with Crippen LogP contribution in [0.2, 0.25) is 5.02 Å². The maximum Gasteiger partial charge on any atom is 0.422 e. The fraction of sp³-hybridized carbons (Fsp3) is 0.381. The molecule has 0 bridgehead atoms. The first-order chi connectivity index (χ1) is 13.5. The van der Waals surface area contributed by atoms with Gasteiger partial charge in [-0.15, -0.1) is 11.8 Å². The van der Waals surface area contributed by atoms with E-state index in [4.69, 9.17) is 16.3 Å². The number of hydrogen-bond acceptors (Lipinski definition) is 3. The molecule has 0 radical (unpaired) electrons. The van der Waals surface area contributed by atoms with Crippen molar-refractivity contribution in [1.82, 2.24) is 0 Å². The second-order valence-electron chi connectivity index (χ2n) is 7.03. The van der Waals surface area contributed by atoms with Gasteiger partial charge in [-0.25, -0.2) is 0 Å². The van der Waals surface area contributed by atoms with Gasteiger partial charge >= 0.3 is 12.1 Å². The number of halogens is 4. The number of ether oxygens (including phenoxy) is 1. The summed E-state index contributed by atoms with van der Waals surface area (Å²) in [5.41, 5.74) is 1.36. The summed E-state index contributed by atoms with van der Waals surface area (Å²) in [4.78, 5) is 12.8. The van der Waals surface area contributed by atoms with E-state index in [0.29, 0.717) is 23.1 Å². The van der Waals surface area contributed by atoms with Crippen LogP contribution in [0.25, 0.3) is 11.1 Å². The SMILES string of the molecule is CSc1ccc(-c2cc(C(CC(C)C)C(=O)O)cc(Cl)c2OCC(F)(F)F)cc1. The molecule has 0 heterocycles. The summed E-state index contributed by atoms with van der Waals surface area (Å²) >= 11 is 7.80. The summed E-state index contributed by atoms with van der Waals surface area (Å²) in [5, 5.41) is 9.60. The summed E-state index contributed by atoms with van der Waals surface area (Å²) in [5.74, 6) is -1.84. The van der Waals surface area contributed by atoms with Crippen molar-refractivity contribution in [1.29, 1.82) is 0 Å². The molecule has 1 atom stereocenters. The summed E-state index contributed by atoms with van der Waals surface area (Å²) in [6, 6.07) is 10.1. The lowest BCUT2D eigenvalue weighted by Gasteiger charge is -2.20. The number of rotatable bonds is 8. The Hall–Kier alpha value is -1.86. The van der Waals surface area contributed by atoms with Gasteiger partial charge in [-0.2, -0.15) is 13.2 Å². The summed E-state index contributed by atoms with van der Waals surface area (Å²) < 4.78 is 43.2. The lowest BCUT2D eigenvalue weighted by Crippen LogP contribution is -2.20. The van der Waals surface area contributed by atoms with Crippen LogP contribution in [-0.4, -0.2) is 30.1 Å². The lowest BCUT2D eigenvalue weighted by atomic mass is 9.88. The van der Waals surface area contributed by atoms with Crippen LogP contribution >= 0.6 is 23.4 Å². The van der Waals surface area contributed by atoms with Gasteiger partial charge in [-0.3, -0.25) is 4.79 Å². The fourth-order valence-corrected chi connectivity index (χ4v) is 3.64. The second kappa shape index (κ2) is 9.76. The van der Waals surface area contributed by atoms with E-state index >= 15 is 0 Å². The topological polar surface area (TPSA) is 46.5 Å². The minimum absolute atomic E-state index is 0.0503. The molecule has 0 saturated heterocycles. The third-order valence-corrected chi connectivity index (χ3v) is 5.28. The van der Waals surface area contributed by atoms with E-state index in [1.54, 1.807) is 18.2 Å². The summed E-state index contributed by atoms with van der Waals surface area (Å²) in [7, 11) is 0. The number of alkyl halides is 3. The zero-order valence-electron chi connectivity index (χ0n) is 16.2. The number of carbonyl (C=O) groups is 1. The molecule has 2 aromatic rings. The van der Waals surface area contributed by atoms with Crippen LogP contribution in [0.15, 0.2) is 41.3 Å². The predicted molar refractivity (Wildman–Crippen MR) is 110 cm³/mol. The predicted octanol–water partition coefficient (Wildman–Crippen LogP) is 6.88. The Morgan fingerprint density at radius 2 is 1.83 bits per heavy atom. The standard InChI is InChI=1S/C21H22ClF3O3S/c1-12(2)8-17(20(26)27)14-9-16(13-4-6-15(29-3)7-5-13)19(18(22)10-14)28-11-21(23,24)25/h4-7,9-10,12,17H,8,11H2,1-3H3,(H,26,27). The maximum absolute atomic E-state index is 12.7. The van der Waals surface area contributed by atoms with Crippen LogP contribution in [-0.2, 0) is 4.79 Å². The van der Waals surface area contributed by atoms with Crippen LogP contribution in [0.5, 0.6) is 5.75 Å². The van der Waals surface area contributed by atoms with Crippen LogP contribution in [0, 0.1) is 5.92 Å². The van der Waals surface area contributed by atoms with Crippen molar-refractivity contribution in [2.75, 3.05) is 12.9 Å². The normalized spacial score (nSPS) is 12.8. The Labute approximate surface area is 177 Å². The molecule has 2 aromatic carbocycles. The maximum atomic E-state index is 12.7. The molecule has 0 aliphatic heterocycles. The van der Waals surface area contributed by atoms with Crippen molar-refractivity contribution in [3.63, 3.8) is 0 Å². The summed E-state index contributed by atoms with van der Waals surface area (Å²) in [6.07, 6.45) is -2.24. The number of carboxylic acids is 1. The fourth-order valence-electron chi connectivity index (χ4n) is 2.95. The lowest BCUT2D eigenvalue weighted by molar-refractivity contribution is -0.153. The molecule has 29 heavy (non-hydrogen) atoms. The second-order valence-corrected chi connectivity index (χ2v) is 8.32. The molecular formula is C21H22ClF3O3S. The van der Waals surface area contributed by atoms with Crippen LogP contribution in [0.3, 0.4) is 0 Å². The van der Waals surface area contributed by atoms with E-state index in [-0.39, 0.29) is 16.7 Å². The van der Waals surface area contributed by atoms with Gasteiger partial charge in [0, 0.05) is 10.5 Å². The van der Waals surface area contributed by atoms with Crippen LogP contribution in [0.1, 0.15) is 31.7 Å². The van der Waals surface area contributed by atoms with E-state index in [9.17, 15) is 23.1 Å². The molecule has 0 amide bonds. The van der Waals surface area contributed by atoms with Crippen LogP contribution in [0.4, 0.5) is 13.2 Å². The Bertz CT molecular complexity index is 851. The first-order valence-corrected chi connectivity index (χ1v) is 10.5. The van der Waals surface area contributed by atoms with Crippen LogP contribution < -0.4 is 4.74 Å². The smallest absolute Gasteiger partial charge is 0.422 e. The van der Waals surface area contributed by atoms with Crippen molar-refractivity contribution in [2.24, 2.45) is 5.92 Å². The average Bonchev–Trinajstić information content (AvgIpc) is 2.63. The van der Waals surface area contributed by atoms with Crippen molar-refractivity contribution in [3.05, 3.63) is 47.0 Å². The molecule has 0 aliphatic rings. The Morgan fingerprint density at radius 1 is 1.21 bits per heavy atom. The van der Waals surface area contributed by atoms with Crippen molar-refractivity contribution >= 4 is 29.3 Å². The Kier molecular flexibility index (Phi) is 7.88. The third-order valence-electron chi connectivity index (χ3n) is 4.25. The first-order valence-electron chi connectivity index (χ1n) is 8.92. The quantitative estimate of drug-likeness (QED) is 0.449. The Balaban J connectivity index is 2.59. The first kappa shape index (κ1) is 23.4. The molecule has 0 aliphatic carbocycles. The number of thioether (sulfide) groups is 1. The van der Waals surface area contributed by atoms with Gasteiger partial charge in [0.1, 0.15) is 5.75 Å². The molecule has 3 nitrogen and oxygen atoms in total. The highest BCUT2D eigenvalue weighted by atomic mass is 35.5. The van der Waals surface area contributed by atoms with Crippen molar-refractivity contribution < 1.29 is 27.8 Å². The highest BCUT2D eigenvalue weighted by Crippen LogP contribution is 2.41. The van der Waals surface area contributed by atoms with Gasteiger partial charge in [0.25, 0.3) is 0 Å². The average molecular weight is 447 g/mol. The molecule has 158 valence electrons. The van der Waals surface area contributed by atoms with Gasteiger partial charge in [0.2, 0.25) is 0 Å². The molecule has 0 aromatic heterocycles. The molecule has 0 spiro atoms. The largest absolute Gasteiger partial charge is 0.482 e. The van der Waals surface area contributed by atoms with E-state index in [0.717, 1.165) is 4.90 Å². The highest BCUT2D eigenvalue weighted by Gasteiger charge is 2.30. The molecule has 0 fully saturated rings. The van der Waals surface area contributed by atoms with Gasteiger partial charge in [0.05, 0.1) is 10.9 Å². The van der Waals surface area contributed by atoms with E-state index in [2.05, 4.69) is 0 Å². The number of carboxylic acid groups (broad SMARTS) is 1. The molecule has 0 saturated carbocycles. The van der Waals surface area contributed by atoms with E-state index < -0.39 is 24.7 Å². The van der Waals surface area contributed by atoms with Crippen molar-refractivity contribution in [3.8, 4) is 16.9 Å². The third kappa shape index (κ3) is 6.57. The highest BCUT2D eigenvalue weighted by molar-refractivity contribution is 7.98. The van der Waals surface area contributed by atoms with Gasteiger partial charge in [-0.1, -0.05) is 37.6 Å². The number of aliphatic carboxylic acids is 1. The minimum atomic E-state index is -4.52. The molecule has 2 rings (SSSR count). The van der Waals surface area contributed by atoms with E-state index in [1.807, 2.05) is 32.2 Å². The van der Waals surface area contributed by atoms with E-state index in [1.165, 1.54) is 17.8 Å². The summed E-state index contributed by atoms with van der Waals surface area (Å²) in [6.45, 7) is 2.32. The van der Waals surface area contributed by atoms with Gasteiger partial charge in [-0.05, 0) is 54.0 Å². The molecule has 1 unspecified atom stereocenters. The monoisotopic (exact) mass is 446 g/mol. The number of benzene rings is 2.